The van der Waals surface area contributed by atoms with Crippen LogP contribution >= 0.6 is 0 Å². The minimum atomic E-state index is -1.30. The number of nitrogens with one attached hydrogen (secondary N) is 1. The van der Waals surface area contributed by atoms with E-state index in [1.165, 1.54) is 4.90 Å². The zero-order chi connectivity index (χ0) is 28.7. The van der Waals surface area contributed by atoms with E-state index in [0.29, 0.717) is 35.5 Å². The number of aliphatic hydroxyl groups is 1. The summed E-state index contributed by atoms with van der Waals surface area (Å²) >= 11 is 0. The number of piperidine rings is 2. The van der Waals surface area contributed by atoms with Crippen LogP contribution in [0.15, 0.2) is 42.5 Å². The van der Waals surface area contributed by atoms with Crippen LogP contribution in [0.25, 0.3) is 0 Å². The Balaban J connectivity index is 1.44. The van der Waals surface area contributed by atoms with Crippen molar-refractivity contribution in [3.05, 3.63) is 64.7 Å². The van der Waals surface area contributed by atoms with Gasteiger partial charge in [-0.3, -0.25) is 19.7 Å². The molecule has 10 nitrogen and oxygen atoms in total. The highest BCUT2D eigenvalue weighted by Gasteiger charge is 2.44. The molecule has 0 aromatic heterocycles. The number of carbonyl (C=O) groups excluding carboxylic acids is 4. The summed E-state index contributed by atoms with van der Waals surface area (Å²) in [6, 6.07) is 12.2. The summed E-state index contributed by atoms with van der Waals surface area (Å²) in [5, 5.41) is 14.2. The van der Waals surface area contributed by atoms with Crippen molar-refractivity contribution in [3.8, 4) is 5.75 Å². The summed E-state index contributed by atoms with van der Waals surface area (Å²) in [5.41, 5.74) is 0.556. The van der Waals surface area contributed by atoms with Crippen LogP contribution in [0.2, 0.25) is 0 Å². The highest BCUT2D eigenvalue weighted by Crippen LogP contribution is 2.44. The number of rotatable bonds is 5. The standard InChI is InChI=1S/C30H35N3O7/c1-29(2,3)40-28(37)32-15-13-30(38,14-16-32)22-10-9-20-21(25(22)39-18-19-7-5-4-6-8-19)17-33(27(20)36)23-11-12-24(34)31-26(23)35/h4-10,23,38H,11-18H2,1-3H3,(H,31,34,35). The van der Waals surface area contributed by atoms with Crippen molar-refractivity contribution in [2.45, 2.75) is 76.9 Å². The number of likely N-dealkylation sites (tertiary alicyclic amines) is 1. The molecule has 5 rings (SSSR count). The SMILES string of the molecule is CC(C)(C)OC(=O)N1CCC(O)(c2ccc3c(c2OCc2ccccc2)CN(C2CCC(=O)NC2=O)C3=O)CC1. The number of amides is 4. The number of nitrogens with zero attached hydrogens (tertiary/aromatic N) is 2. The van der Waals surface area contributed by atoms with E-state index >= 15 is 0 Å². The van der Waals surface area contributed by atoms with Crippen LogP contribution in [0.5, 0.6) is 5.75 Å². The normalized spacial score (nSPS) is 20.7. The number of benzene rings is 2. The highest BCUT2D eigenvalue weighted by atomic mass is 16.6. The van der Waals surface area contributed by atoms with Gasteiger partial charge in [0.1, 0.15) is 24.0 Å². The molecule has 212 valence electrons. The summed E-state index contributed by atoms with van der Waals surface area (Å²) in [7, 11) is 0. The van der Waals surface area contributed by atoms with Gasteiger partial charge in [0.25, 0.3) is 5.91 Å². The zero-order valence-electron chi connectivity index (χ0n) is 23.1. The molecule has 40 heavy (non-hydrogen) atoms. The lowest BCUT2D eigenvalue weighted by Gasteiger charge is -2.39. The summed E-state index contributed by atoms with van der Waals surface area (Å²) in [4.78, 5) is 53.4. The van der Waals surface area contributed by atoms with Crippen molar-refractivity contribution in [3.63, 3.8) is 0 Å². The molecule has 2 saturated heterocycles. The average Bonchev–Trinajstić information content (AvgIpc) is 3.23. The second kappa shape index (κ2) is 10.6. The highest BCUT2D eigenvalue weighted by molar-refractivity contribution is 6.05. The molecule has 2 fully saturated rings. The summed E-state index contributed by atoms with van der Waals surface area (Å²) in [5.74, 6) is -0.734. The fraction of sp³-hybridized carbons (Fsp3) is 0.467. The Hall–Kier alpha value is -3.92. The maximum Gasteiger partial charge on any atom is 0.410 e. The lowest BCUT2D eigenvalue weighted by Crippen LogP contribution is -2.52. The third-order valence-electron chi connectivity index (χ3n) is 7.64. The second-order valence-electron chi connectivity index (χ2n) is 11.6. The number of carbonyl (C=O) groups is 4. The van der Waals surface area contributed by atoms with Crippen molar-refractivity contribution in [2.75, 3.05) is 13.1 Å². The molecule has 0 spiro atoms. The van der Waals surface area contributed by atoms with E-state index in [9.17, 15) is 24.3 Å². The van der Waals surface area contributed by atoms with E-state index in [0.717, 1.165) is 5.56 Å². The van der Waals surface area contributed by atoms with Gasteiger partial charge in [-0.2, -0.15) is 0 Å². The predicted molar refractivity (Wildman–Crippen MR) is 144 cm³/mol. The molecule has 0 radical (unpaired) electrons. The van der Waals surface area contributed by atoms with Crippen LogP contribution in [-0.2, 0) is 33.1 Å². The third-order valence-corrected chi connectivity index (χ3v) is 7.64. The molecule has 3 aliphatic heterocycles. The molecule has 4 amide bonds. The van der Waals surface area contributed by atoms with Gasteiger partial charge in [-0.15, -0.1) is 0 Å². The Labute approximate surface area is 233 Å². The van der Waals surface area contributed by atoms with Gasteiger partial charge in [-0.1, -0.05) is 36.4 Å². The molecule has 10 heteroatoms. The van der Waals surface area contributed by atoms with E-state index in [2.05, 4.69) is 5.32 Å². The molecule has 2 N–H and O–H groups in total. The lowest BCUT2D eigenvalue weighted by molar-refractivity contribution is -0.136. The first-order valence-corrected chi connectivity index (χ1v) is 13.6. The van der Waals surface area contributed by atoms with E-state index in [1.54, 1.807) is 17.0 Å². The van der Waals surface area contributed by atoms with Crippen molar-refractivity contribution < 1.29 is 33.8 Å². The third kappa shape index (κ3) is 5.54. The van der Waals surface area contributed by atoms with Crippen molar-refractivity contribution in [1.29, 1.82) is 0 Å². The van der Waals surface area contributed by atoms with Gasteiger partial charge in [0.05, 0.1) is 12.1 Å². The minimum Gasteiger partial charge on any atom is -0.488 e. The molecule has 0 saturated carbocycles. The zero-order valence-corrected chi connectivity index (χ0v) is 23.1. The summed E-state index contributed by atoms with van der Waals surface area (Å²) < 4.78 is 11.9. The first kappa shape index (κ1) is 27.6. The van der Waals surface area contributed by atoms with Gasteiger partial charge in [-0.05, 0) is 51.7 Å². The maximum absolute atomic E-state index is 13.4. The Morgan fingerprint density at radius 2 is 1.77 bits per heavy atom. The number of hydrogen-bond donors (Lipinski definition) is 2. The van der Waals surface area contributed by atoms with Crippen molar-refractivity contribution in [1.82, 2.24) is 15.1 Å². The van der Waals surface area contributed by atoms with Gasteiger partial charge in [0.15, 0.2) is 0 Å². The van der Waals surface area contributed by atoms with Crippen molar-refractivity contribution >= 4 is 23.8 Å². The lowest BCUT2D eigenvalue weighted by atomic mass is 9.82. The fourth-order valence-electron chi connectivity index (χ4n) is 5.53. The summed E-state index contributed by atoms with van der Waals surface area (Å²) in [6.45, 7) is 6.36. The minimum absolute atomic E-state index is 0.124. The average molecular weight is 550 g/mol. The topological polar surface area (TPSA) is 125 Å². The first-order valence-electron chi connectivity index (χ1n) is 13.6. The Morgan fingerprint density at radius 1 is 1.07 bits per heavy atom. The van der Waals surface area contributed by atoms with Crippen LogP contribution in [0.4, 0.5) is 4.79 Å². The molecule has 0 bridgehead atoms. The van der Waals surface area contributed by atoms with Gasteiger partial charge in [0.2, 0.25) is 11.8 Å². The van der Waals surface area contributed by atoms with Gasteiger partial charge >= 0.3 is 6.09 Å². The molecule has 0 aliphatic carbocycles. The van der Waals surface area contributed by atoms with E-state index < -0.39 is 29.2 Å². The second-order valence-corrected chi connectivity index (χ2v) is 11.6. The number of fused-ring (bicyclic) bond motifs is 1. The maximum atomic E-state index is 13.4. The molecule has 3 heterocycles. The molecular formula is C30H35N3O7. The molecule has 2 aromatic rings. The fourth-order valence-corrected chi connectivity index (χ4v) is 5.53. The van der Waals surface area contributed by atoms with Crippen LogP contribution in [0, 0.1) is 0 Å². The molecule has 2 aromatic carbocycles. The number of hydrogen-bond acceptors (Lipinski definition) is 7. The van der Waals surface area contributed by atoms with Crippen LogP contribution < -0.4 is 10.1 Å². The molecular weight excluding hydrogens is 514 g/mol. The largest absolute Gasteiger partial charge is 0.488 e. The van der Waals surface area contributed by atoms with Gasteiger partial charge in [-0.25, -0.2) is 4.79 Å². The van der Waals surface area contributed by atoms with Gasteiger partial charge < -0.3 is 24.4 Å². The Bertz CT molecular complexity index is 1330. The van der Waals surface area contributed by atoms with E-state index in [-0.39, 0.29) is 50.6 Å². The summed E-state index contributed by atoms with van der Waals surface area (Å²) in [6.07, 6.45) is 0.513. The van der Waals surface area contributed by atoms with Crippen LogP contribution in [0.3, 0.4) is 0 Å². The monoisotopic (exact) mass is 549 g/mol. The Morgan fingerprint density at radius 3 is 2.42 bits per heavy atom. The number of imide groups is 1. The quantitative estimate of drug-likeness (QED) is 0.549. The molecule has 3 aliphatic rings. The molecule has 1 atom stereocenters. The van der Waals surface area contributed by atoms with Crippen molar-refractivity contribution in [2.24, 2.45) is 0 Å². The van der Waals surface area contributed by atoms with Crippen LogP contribution in [-0.4, -0.2) is 63.5 Å². The van der Waals surface area contributed by atoms with Gasteiger partial charge in [0, 0.05) is 36.2 Å². The smallest absolute Gasteiger partial charge is 0.410 e. The van der Waals surface area contributed by atoms with Crippen LogP contribution in [0.1, 0.15) is 73.5 Å². The molecule has 1 unspecified atom stereocenters. The predicted octanol–water partition coefficient (Wildman–Crippen LogP) is 3.25. The first-order chi connectivity index (χ1) is 18.9. The van der Waals surface area contributed by atoms with E-state index in [1.807, 2.05) is 51.1 Å². The van der Waals surface area contributed by atoms with E-state index in [4.69, 9.17) is 9.47 Å². The number of ether oxygens (including phenoxy) is 2. The Kier molecular flexibility index (Phi) is 7.31.